The van der Waals surface area contributed by atoms with E-state index in [9.17, 15) is 14.4 Å². The molecular formula is C21H26N6O4S2. The first kappa shape index (κ1) is 22.4. The molecule has 33 heavy (non-hydrogen) atoms. The van der Waals surface area contributed by atoms with E-state index >= 15 is 0 Å². The van der Waals surface area contributed by atoms with Gasteiger partial charge in [-0.3, -0.25) is 19.6 Å². The molecule has 0 bridgehead atoms. The van der Waals surface area contributed by atoms with Crippen LogP contribution in [0.2, 0.25) is 0 Å². The van der Waals surface area contributed by atoms with Crippen molar-refractivity contribution in [1.82, 2.24) is 30.5 Å². The van der Waals surface area contributed by atoms with Gasteiger partial charge in [0.05, 0.1) is 23.3 Å². The molecule has 176 valence electrons. The van der Waals surface area contributed by atoms with Gasteiger partial charge in [0.2, 0.25) is 5.91 Å². The van der Waals surface area contributed by atoms with E-state index in [2.05, 4.69) is 20.9 Å². The Morgan fingerprint density at radius 1 is 1.27 bits per heavy atom. The summed E-state index contributed by atoms with van der Waals surface area (Å²) in [5, 5.41) is 14.9. The third-order valence-electron chi connectivity index (χ3n) is 6.31. The van der Waals surface area contributed by atoms with Crippen LogP contribution >= 0.6 is 23.1 Å². The van der Waals surface area contributed by atoms with Crippen molar-refractivity contribution in [3.8, 4) is 10.7 Å². The topological polar surface area (TPSA) is 118 Å². The van der Waals surface area contributed by atoms with Crippen LogP contribution in [0.15, 0.2) is 22.7 Å². The molecule has 0 aromatic carbocycles. The fourth-order valence-electron chi connectivity index (χ4n) is 4.64. The third kappa shape index (κ3) is 4.51. The smallest absolute Gasteiger partial charge is 0.344 e. The van der Waals surface area contributed by atoms with E-state index in [0.717, 1.165) is 54.4 Å². The van der Waals surface area contributed by atoms with Crippen LogP contribution in [-0.2, 0) is 20.9 Å². The molecule has 3 aliphatic rings. The first-order valence-corrected chi connectivity index (χ1v) is 13.1. The van der Waals surface area contributed by atoms with Crippen molar-refractivity contribution < 1.29 is 19.1 Å². The van der Waals surface area contributed by atoms with E-state index < -0.39 is 17.5 Å². The molecule has 1 unspecified atom stereocenters. The second-order valence-corrected chi connectivity index (χ2v) is 10.5. The second-order valence-electron chi connectivity index (χ2n) is 8.57. The van der Waals surface area contributed by atoms with Gasteiger partial charge in [0, 0.05) is 6.61 Å². The van der Waals surface area contributed by atoms with Crippen molar-refractivity contribution in [1.29, 1.82) is 0 Å². The highest BCUT2D eigenvalue weighted by molar-refractivity contribution is 7.99. The highest BCUT2D eigenvalue weighted by atomic mass is 32.2. The van der Waals surface area contributed by atoms with Crippen LogP contribution in [0, 0.1) is 0 Å². The Labute approximate surface area is 199 Å². The summed E-state index contributed by atoms with van der Waals surface area (Å²) < 4.78 is 7.79. The van der Waals surface area contributed by atoms with Crippen molar-refractivity contribution in [2.75, 3.05) is 12.4 Å². The van der Waals surface area contributed by atoms with Crippen molar-refractivity contribution in [2.24, 2.45) is 0 Å². The molecule has 1 aliphatic carbocycles. The first-order chi connectivity index (χ1) is 16.1. The Bertz CT molecular complexity index is 1030. The molecule has 4 amide bonds. The number of carbonyl (C=O) groups excluding carboxylic acids is 3. The lowest BCUT2D eigenvalue weighted by molar-refractivity contribution is -0.139. The molecule has 1 atom stereocenters. The molecule has 12 heteroatoms. The predicted molar refractivity (Wildman–Crippen MR) is 122 cm³/mol. The van der Waals surface area contributed by atoms with E-state index in [-0.39, 0.29) is 17.8 Å². The molecule has 3 fully saturated rings. The van der Waals surface area contributed by atoms with Crippen LogP contribution in [-0.4, -0.2) is 61.6 Å². The number of hydrazine groups is 1. The number of imide groups is 1. The first-order valence-electron chi connectivity index (χ1n) is 11.2. The quantitative estimate of drug-likeness (QED) is 0.452. The minimum absolute atomic E-state index is 0.00183. The Morgan fingerprint density at radius 3 is 2.85 bits per heavy atom. The van der Waals surface area contributed by atoms with Crippen LogP contribution < -0.4 is 10.7 Å². The van der Waals surface area contributed by atoms with Crippen molar-refractivity contribution in [3.63, 3.8) is 0 Å². The molecule has 2 N–H and O–H groups in total. The predicted octanol–water partition coefficient (Wildman–Crippen LogP) is 2.56. The molecule has 2 aromatic heterocycles. The van der Waals surface area contributed by atoms with E-state index in [4.69, 9.17) is 4.74 Å². The van der Waals surface area contributed by atoms with Gasteiger partial charge in [-0.05, 0) is 37.1 Å². The SMILES string of the molecule is O=C(CSc1nnc(-c2cccs2)n1CC1CCCO1)NN1C(=O)NC2(CCCCC2)C1=O. The molecule has 4 heterocycles. The lowest BCUT2D eigenvalue weighted by Crippen LogP contribution is -2.51. The average Bonchev–Trinajstić information content (AvgIpc) is 3.61. The summed E-state index contributed by atoms with van der Waals surface area (Å²) in [7, 11) is 0. The highest BCUT2D eigenvalue weighted by Gasteiger charge is 2.52. The number of rotatable bonds is 7. The van der Waals surface area contributed by atoms with Crippen molar-refractivity contribution in [2.45, 2.75) is 68.3 Å². The number of hydrogen-bond acceptors (Lipinski definition) is 8. The van der Waals surface area contributed by atoms with Gasteiger partial charge in [-0.1, -0.05) is 37.1 Å². The monoisotopic (exact) mass is 490 g/mol. The highest BCUT2D eigenvalue weighted by Crippen LogP contribution is 2.33. The van der Waals surface area contributed by atoms with Crippen LogP contribution in [0.25, 0.3) is 10.7 Å². The fourth-order valence-corrected chi connectivity index (χ4v) is 6.10. The summed E-state index contributed by atoms with van der Waals surface area (Å²) in [6.45, 7) is 1.36. The number of ether oxygens (including phenoxy) is 1. The summed E-state index contributed by atoms with van der Waals surface area (Å²) in [5.74, 6) is -0.0671. The number of aromatic nitrogens is 3. The van der Waals surface area contributed by atoms with Crippen molar-refractivity contribution >= 4 is 40.9 Å². The van der Waals surface area contributed by atoms with Crippen LogP contribution in [0.5, 0.6) is 0 Å². The number of hydrogen-bond donors (Lipinski definition) is 2. The molecule has 2 aliphatic heterocycles. The number of urea groups is 1. The summed E-state index contributed by atoms with van der Waals surface area (Å²) in [4.78, 5) is 38.9. The van der Waals surface area contributed by atoms with Gasteiger partial charge in [-0.15, -0.1) is 21.5 Å². The Hall–Kier alpha value is -2.44. The van der Waals surface area contributed by atoms with Gasteiger partial charge in [0.15, 0.2) is 11.0 Å². The van der Waals surface area contributed by atoms with Crippen LogP contribution in [0.3, 0.4) is 0 Å². The summed E-state index contributed by atoms with van der Waals surface area (Å²) in [5.41, 5.74) is 1.61. The summed E-state index contributed by atoms with van der Waals surface area (Å²) in [6, 6.07) is 3.38. The molecule has 2 saturated heterocycles. The van der Waals surface area contributed by atoms with Gasteiger partial charge < -0.3 is 10.1 Å². The van der Waals surface area contributed by atoms with E-state index in [1.54, 1.807) is 11.3 Å². The second kappa shape index (κ2) is 9.43. The molecular weight excluding hydrogens is 464 g/mol. The summed E-state index contributed by atoms with van der Waals surface area (Å²) >= 11 is 2.80. The zero-order valence-corrected chi connectivity index (χ0v) is 19.8. The fraction of sp³-hybridized carbons (Fsp3) is 0.571. The lowest BCUT2D eigenvalue weighted by atomic mass is 9.82. The largest absolute Gasteiger partial charge is 0.376 e. The molecule has 10 nitrogen and oxygen atoms in total. The lowest BCUT2D eigenvalue weighted by Gasteiger charge is -2.30. The van der Waals surface area contributed by atoms with E-state index in [1.165, 1.54) is 11.8 Å². The maximum atomic E-state index is 12.9. The number of thioether (sulfide) groups is 1. The van der Waals surface area contributed by atoms with Gasteiger partial charge in [0.25, 0.3) is 5.91 Å². The van der Waals surface area contributed by atoms with E-state index in [0.29, 0.717) is 24.5 Å². The molecule has 5 rings (SSSR count). The maximum Gasteiger partial charge on any atom is 0.344 e. The third-order valence-corrected chi connectivity index (χ3v) is 8.14. The average molecular weight is 491 g/mol. The van der Waals surface area contributed by atoms with Gasteiger partial charge in [-0.2, -0.15) is 5.01 Å². The van der Waals surface area contributed by atoms with Gasteiger partial charge in [0.1, 0.15) is 5.54 Å². The number of amides is 4. The molecule has 2 aromatic rings. The Balaban J connectivity index is 1.25. The zero-order valence-electron chi connectivity index (χ0n) is 18.1. The van der Waals surface area contributed by atoms with Crippen molar-refractivity contribution in [3.05, 3.63) is 17.5 Å². The minimum Gasteiger partial charge on any atom is -0.376 e. The molecule has 0 radical (unpaired) electrons. The van der Waals surface area contributed by atoms with Gasteiger partial charge in [-0.25, -0.2) is 4.79 Å². The number of thiophene rings is 1. The van der Waals surface area contributed by atoms with Crippen LogP contribution in [0.4, 0.5) is 4.79 Å². The standard InChI is InChI=1S/C21H26N6O4S2/c28-16(25-27-18(29)21(22-19(27)30)8-2-1-3-9-21)13-33-20-24-23-17(15-7-5-11-32-15)26(20)12-14-6-4-10-31-14/h5,7,11,14H,1-4,6,8-10,12-13H2,(H,22,30)(H,25,28). The number of nitrogens with one attached hydrogen (secondary N) is 2. The normalized spacial score (nSPS) is 22.2. The Kier molecular flexibility index (Phi) is 6.39. The maximum absolute atomic E-state index is 12.9. The van der Waals surface area contributed by atoms with Crippen LogP contribution in [0.1, 0.15) is 44.9 Å². The van der Waals surface area contributed by atoms with E-state index in [1.807, 2.05) is 22.1 Å². The number of carbonyl (C=O) groups is 3. The molecule has 1 saturated carbocycles. The Morgan fingerprint density at radius 2 is 2.12 bits per heavy atom. The number of nitrogens with zero attached hydrogens (tertiary/aromatic N) is 4. The minimum atomic E-state index is -0.868. The zero-order chi connectivity index (χ0) is 22.8. The summed E-state index contributed by atoms with van der Waals surface area (Å²) in [6.07, 6.45) is 6.12. The van der Waals surface area contributed by atoms with Gasteiger partial charge >= 0.3 is 6.03 Å². The molecule has 1 spiro atoms.